The number of aromatic nitrogens is 2. The van der Waals surface area contributed by atoms with Gasteiger partial charge in [-0.1, -0.05) is 31.9 Å². The fourth-order valence-electron chi connectivity index (χ4n) is 5.63. The van der Waals surface area contributed by atoms with E-state index in [9.17, 15) is 19.2 Å². The molecular formula is C38H46Br2N6O7. The summed E-state index contributed by atoms with van der Waals surface area (Å²) in [6.07, 6.45) is 1.63. The van der Waals surface area contributed by atoms with Gasteiger partial charge in [0.05, 0.1) is 11.0 Å². The number of hydrogen-bond donors (Lipinski definition) is 3. The molecule has 53 heavy (non-hydrogen) atoms. The molecule has 0 aliphatic carbocycles. The molecule has 2 fully saturated rings. The van der Waals surface area contributed by atoms with Crippen molar-refractivity contribution in [2.75, 3.05) is 24.1 Å². The van der Waals surface area contributed by atoms with Crippen LogP contribution in [0.15, 0.2) is 69.6 Å². The van der Waals surface area contributed by atoms with Gasteiger partial charge in [0.2, 0.25) is 5.91 Å². The topological polar surface area (TPSA) is 177 Å². The zero-order chi connectivity index (χ0) is 39.1. The van der Waals surface area contributed by atoms with Crippen molar-refractivity contribution in [1.82, 2.24) is 19.8 Å². The maximum Gasteiger partial charge on any atom is 0.411 e. The number of hydrogen-bond acceptors (Lipinski definition) is 9. The average Bonchev–Trinajstić information content (AvgIpc) is 3.75. The highest BCUT2D eigenvalue weighted by Crippen LogP contribution is 2.25. The molecule has 4 N–H and O–H groups in total. The summed E-state index contributed by atoms with van der Waals surface area (Å²) >= 11 is 6.82. The van der Waals surface area contributed by atoms with Crippen molar-refractivity contribution in [3.63, 3.8) is 0 Å². The molecule has 6 rings (SSSR count). The largest absolute Gasteiger partial charge is 0.480 e. The van der Waals surface area contributed by atoms with Gasteiger partial charge in [0, 0.05) is 32.8 Å². The summed E-state index contributed by atoms with van der Waals surface area (Å²) in [7, 11) is 0. The minimum absolute atomic E-state index is 0.239. The van der Waals surface area contributed by atoms with Gasteiger partial charge < -0.3 is 25.6 Å². The molecule has 2 aliphatic heterocycles. The molecule has 0 saturated carbocycles. The van der Waals surface area contributed by atoms with Gasteiger partial charge in [0.1, 0.15) is 34.9 Å². The highest BCUT2D eigenvalue weighted by Gasteiger charge is 2.37. The van der Waals surface area contributed by atoms with Crippen LogP contribution in [0.5, 0.6) is 0 Å². The van der Waals surface area contributed by atoms with Gasteiger partial charge in [-0.2, -0.15) is 0 Å². The zero-order valence-electron chi connectivity index (χ0n) is 30.7. The van der Waals surface area contributed by atoms with Gasteiger partial charge in [0.25, 0.3) is 0 Å². The third-order valence-corrected chi connectivity index (χ3v) is 8.91. The summed E-state index contributed by atoms with van der Waals surface area (Å²) in [4.78, 5) is 58.9. The second-order valence-electron chi connectivity index (χ2n) is 14.6. The highest BCUT2D eigenvalue weighted by atomic mass is 79.9. The van der Waals surface area contributed by atoms with E-state index >= 15 is 0 Å². The summed E-state index contributed by atoms with van der Waals surface area (Å²) < 4.78 is 12.6. The van der Waals surface area contributed by atoms with Crippen LogP contribution >= 0.6 is 31.9 Å². The average molecular weight is 859 g/mol. The molecule has 15 heteroatoms. The summed E-state index contributed by atoms with van der Waals surface area (Å²) in [6, 6.07) is 17.8. The summed E-state index contributed by atoms with van der Waals surface area (Å²) in [6.45, 7) is 11.7. The molecule has 0 unspecified atom stereocenters. The number of amides is 3. The minimum Gasteiger partial charge on any atom is -0.480 e. The number of aliphatic carboxylic acids is 1. The van der Waals surface area contributed by atoms with Crippen molar-refractivity contribution in [3.8, 4) is 0 Å². The normalized spacial score (nSPS) is 17.0. The quantitative estimate of drug-likeness (QED) is 0.181. The number of nitrogens with two attached hydrogens (primary N) is 1. The number of nitrogens with zero attached hydrogens (tertiary/aromatic N) is 4. The molecule has 0 spiro atoms. The van der Waals surface area contributed by atoms with E-state index in [1.165, 1.54) is 9.80 Å². The lowest BCUT2D eigenvalue weighted by Crippen LogP contribution is -2.45. The standard InChI is InChI=1S/C19H22BrN3O3.C10H17NO4.C9H7BrN2/c1-19(2,3)26-18(25)23-10-4-5-15(23)17(24)22-16-9-6-12-11-13(20)7-8-14(12)21-16;1-10(2,3)15-9(14)11-6-4-5-7(11)8(12)13;10-7-2-3-8-6(5-7)1-4-9(11)12-8/h6-9,11,15H,4-5,10H2,1-3H3,(H,21,22,24);7H,4-6H2,1-3H3,(H,12,13);1-5H,(H2,11,12)/t15-;7-;/m00./s1. The van der Waals surface area contributed by atoms with Gasteiger partial charge in [-0.15, -0.1) is 0 Å². The van der Waals surface area contributed by atoms with Crippen molar-refractivity contribution >= 4 is 89.4 Å². The predicted molar refractivity (Wildman–Crippen MR) is 211 cm³/mol. The number of likely N-dealkylation sites (tertiary alicyclic amines) is 2. The lowest BCUT2D eigenvalue weighted by atomic mass is 10.2. The Morgan fingerprint density at radius 1 is 0.736 bits per heavy atom. The minimum atomic E-state index is -0.960. The van der Waals surface area contributed by atoms with Crippen molar-refractivity contribution in [2.45, 2.75) is 90.5 Å². The number of carbonyl (C=O) groups excluding carboxylic acids is 3. The molecular weight excluding hydrogens is 812 g/mol. The maximum absolute atomic E-state index is 12.7. The predicted octanol–water partition coefficient (Wildman–Crippen LogP) is 8.39. The van der Waals surface area contributed by atoms with E-state index in [4.69, 9.17) is 20.3 Å². The molecule has 4 heterocycles. The Balaban J connectivity index is 0.000000196. The Morgan fingerprint density at radius 3 is 1.72 bits per heavy atom. The Hall–Kier alpha value is -4.50. The number of nitrogens with one attached hydrogen (secondary N) is 1. The Morgan fingerprint density at radius 2 is 1.21 bits per heavy atom. The van der Waals surface area contributed by atoms with E-state index in [1.54, 1.807) is 32.9 Å². The fourth-order valence-corrected chi connectivity index (χ4v) is 6.39. The molecule has 2 aromatic carbocycles. The number of carboxylic acid groups (broad SMARTS) is 1. The third kappa shape index (κ3) is 12.3. The summed E-state index contributed by atoms with van der Waals surface area (Å²) in [5.41, 5.74) is 6.09. The van der Waals surface area contributed by atoms with E-state index in [-0.39, 0.29) is 5.91 Å². The van der Waals surface area contributed by atoms with Crippen molar-refractivity contribution in [2.24, 2.45) is 0 Å². The van der Waals surface area contributed by atoms with Crippen LogP contribution in [0.25, 0.3) is 21.8 Å². The van der Waals surface area contributed by atoms with Crippen LogP contribution in [0.4, 0.5) is 21.2 Å². The van der Waals surface area contributed by atoms with Crippen molar-refractivity contribution < 1.29 is 33.8 Å². The van der Waals surface area contributed by atoms with Crippen LogP contribution in [0.2, 0.25) is 0 Å². The number of halogens is 2. The van der Waals surface area contributed by atoms with Crippen LogP contribution in [0, 0.1) is 0 Å². The molecule has 2 aliphatic rings. The van der Waals surface area contributed by atoms with E-state index in [0.717, 1.165) is 43.6 Å². The molecule has 3 amide bonds. The monoisotopic (exact) mass is 856 g/mol. The Labute approximate surface area is 325 Å². The number of benzene rings is 2. The zero-order valence-corrected chi connectivity index (χ0v) is 33.9. The lowest BCUT2D eigenvalue weighted by Gasteiger charge is -2.27. The van der Waals surface area contributed by atoms with E-state index in [1.807, 2.05) is 69.3 Å². The lowest BCUT2D eigenvalue weighted by molar-refractivity contribution is -0.142. The van der Waals surface area contributed by atoms with Crippen molar-refractivity contribution in [3.05, 3.63) is 69.6 Å². The second kappa shape index (κ2) is 17.5. The Bertz CT molecular complexity index is 1920. The number of fused-ring (bicyclic) bond motifs is 2. The van der Waals surface area contributed by atoms with Crippen LogP contribution in [0.1, 0.15) is 67.2 Å². The number of carbonyl (C=O) groups is 4. The first-order valence-electron chi connectivity index (χ1n) is 17.2. The molecule has 4 aromatic rings. The molecule has 0 radical (unpaired) electrons. The van der Waals surface area contributed by atoms with E-state index in [2.05, 4.69) is 47.1 Å². The number of rotatable bonds is 3. The molecule has 13 nitrogen and oxygen atoms in total. The van der Waals surface area contributed by atoms with E-state index in [0.29, 0.717) is 37.6 Å². The number of carboxylic acids is 1. The van der Waals surface area contributed by atoms with Crippen LogP contribution < -0.4 is 11.1 Å². The first-order chi connectivity index (χ1) is 24.8. The summed E-state index contributed by atoms with van der Waals surface area (Å²) in [5, 5.41) is 13.8. The number of anilines is 2. The smallest absolute Gasteiger partial charge is 0.411 e. The molecule has 284 valence electrons. The van der Waals surface area contributed by atoms with Crippen molar-refractivity contribution in [1.29, 1.82) is 0 Å². The Kier molecular flexibility index (Phi) is 13.7. The van der Waals surface area contributed by atoms with Gasteiger partial charge in [-0.25, -0.2) is 24.4 Å². The first kappa shape index (κ1) is 41.3. The van der Waals surface area contributed by atoms with E-state index < -0.39 is 41.4 Å². The van der Waals surface area contributed by atoms with Gasteiger partial charge >= 0.3 is 18.2 Å². The fraction of sp³-hybridized carbons (Fsp3) is 0.421. The number of pyridine rings is 2. The molecule has 2 aromatic heterocycles. The molecule has 0 bridgehead atoms. The highest BCUT2D eigenvalue weighted by molar-refractivity contribution is 9.10. The SMILES string of the molecule is CC(C)(C)OC(=O)N1CCC[C@H]1C(=O)Nc1ccc2cc(Br)ccc2n1.CC(C)(C)OC(=O)N1CCC[C@H]1C(=O)O.Nc1ccc2cc(Br)ccc2n1. The van der Waals surface area contributed by atoms with Gasteiger partial charge in [-0.05, 0) is 128 Å². The van der Waals surface area contributed by atoms with Crippen LogP contribution in [0.3, 0.4) is 0 Å². The van der Waals surface area contributed by atoms with Crippen LogP contribution in [-0.2, 0) is 19.1 Å². The van der Waals surface area contributed by atoms with Crippen LogP contribution in [-0.4, -0.2) is 85.3 Å². The third-order valence-electron chi connectivity index (χ3n) is 7.92. The molecule has 2 saturated heterocycles. The summed E-state index contributed by atoms with van der Waals surface area (Å²) in [5.74, 6) is -0.165. The molecule has 2 atom stereocenters. The number of ether oxygens (including phenoxy) is 2. The van der Waals surface area contributed by atoms with Gasteiger partial charge in [0.15, 0.2) is 0 Å². The second-order valence-corrected chi connectivity index (χ2v) is 16.4. The first-order valence-corrected chi connectivity index (χ1v) is 18.8. The number of nitrogen functional groups attached to an aromatic ring is 1. The maximum atomic E-state index is 12.7. The van der Waals surface area contributed by atoms with Gasteiger partial charge in [-0.3, -0.25) is 14.6 Å².